The van der Waals surface area contributed by atoms with E-state index in [4.69, 9.17) is 5.73 Å². The minimum Gasteiger partial charge on any atom is -0.369 e. The van der Waals surface area contributed by atoms with Crippen molar-refractivity contribution in [1.29, 1.82) is 0 Å². The molecule has 0 atom stereocenters. The van der Waals surface area contributed by atoms with Gasteiger partial charge in [-0.15, -0.1) is 0 Å². The van der Waals surface area contributed by atoms with E-state index >= 15 is 0 Å². The quantitative estimate of drug-likeness (QED) is 0.730. The Morgan fingerprint density at radius 3 is 2.29 bits per heavy atom. The summed E-state index contributed by atoms with van der Waals surface area (Å²) < 4.78 is 26.8. The Balaban J connectivity index is 1.96. The summed E-state index contributed by atoms with van der Waals surface area (Å²) in [6.45, 7) is 2.90. The highest BCUT2D eigenvalue weighted by atomic mass is 32.2. The highest BCUT2D eigenvalue weighted by Crippen LogP contribution is 2.24. The molecular formula is C18H28N2O3S. The number of piperidine rings is 1. The van der Waals surface area contributed by atoms with Crippen LogP contribution in [0, 0.1) is 5.92 Å². The predicted octanol–water partition coefficient (Wildman–Crippen LogP) is 2.70. The molecule has 2 N–H and O–H groups in total. The molecule has 24 heavy (non-hydrogen) atoms. The van der Waals surface area contributed by atoms with Crippen LogP contribution in [0.2, 0.25) is 0 Å². The van der Waals surface area contributed by atoms with Gasteiger partial charge < -0.3 is 5.73 Å². The maximum Gasteiger partial charge on any atom is 0.243 e. The van der Waals surface area contributed by atoms with Crippen LogP contribution in [0.5, 0.6) is 0 Å². The molecular weight excluding hydrogens is 324 g/mol. The minimum atomic E-state index is -3.48. The van der Waals surface area contributed by atoms with Crippen LogP contribution in [0.4, 0.5) is 0 Å². The first-order chi connectivity index (χ1) is 11.4. The van der Waals surface area contributed by atoms with Crippen molar-refractivity contribution in [2.75, 3.05) is 13.1 Å². The smallest absolute Gasteiger partial charge is 0.243 e. The van der Waals surface area contributed by atoms with E-state index in [1.165, 1.54) is 29.1 Å². The van der Waals surface area contributed by atoms with Gasteiger partial charge in [0, 0.05) is 19.0 Å². The number of benzene rings is 1. The Hall–Kier alpha value is -1.40. The van der Waals surface area contributed by atoms with Crippen molar-refractivity contribution in [3.05, 3.63) is 29.8 Å². The maximum absolute atomic E-state index is 12.7. The number of hydrogen-bond donors (Lipinski definition) is 1. The number of carbonyl (C=O) groups is 1. The molecule has 134 valence electrons. The Labute approximate surface area is 145 Å². The van der Waals surface area contributed by atoms with Crippen LogP contribution in [0.25, 0.3) is 0 Å². The van der Waals surface area contributed by atoms with E-state index in [1.54, 1.807) is 12.1 Å². The number of carbonyl (C=O) groups excluding carboxylic acids is 1. The fourth-order valence-electron chi connectivity index (χ4n) is 3.11. The number of nitrogens with two attached hydrogens (primary N) is 1. The zero-order valence-electron chi connectivity index (χ0n) is 14.4. The lowest BCUT2D eigenvalue weighted by atomic mass is 9.98. The van der Waals surface area contributed by atoms with Crippen molar-refractivity contribution < 1.29 is 13.2 Å². The summed E-state index contributed by atoms with van der Waals surface area (Å²) in [5.74, 6) is -0.540. The second kappa shape index (κ2) is 8.62. The summed E-state index contributed by atoms with van der Waals surface area (Å²) in [6, 6.07) is 7.22. The zero-order valence-corrected chi connectivity index (χ0v) is 15.2. The molecule has 1 aromatic rings. The van der Waals surface area contributed by atoms with E-state index in [2.05, 4.69) is 6.92 Å². The van der Waals surface area contributed by atoms with Crippen molar-refractivity contribution in [2.45, 2.75) is 56.8 Å². The van der Waals surface area contributed by atoms with Gasteiger partial charge in [0.1, 0.15) is 0 Å². The number of rotatable bonds is 8. The molecule has 1 amide bonds. The van der Waals surface area contributed by atoms with Crippen LogP contribution in [-0.4, -0.2) is 31.7 Å². The van der Waals surface area contributed by atoms with Crippen LogP contribution < -0.4 is 5.73 Å². The Bertz CT molecular complexity index is 633. The van der Waals surface area contributed by atoms with E-state index in [9.17, 15) is 13.2 Å². The van der Waals surface area contributed by atoms with Crippen molar-refractivity contribution >= 4 is 15.9 Å². The van der Waals surface area contributed by atoms with Gasteiger partial charge in [-0.2, -0.15) is 4.31 Å². The topological polar surface area (TPSA) is 80.5 Å². The van der Waals surface area contributed by atoms with Gasteiger partial charge in [-0.3, -0.25) is 4.79 Å². The molecule has 0 unspecified atom stereocenters. The highest BCUT2D eigenvalue weighted by molar-refractivity contribution is 7.89. The van der Waals surface area contributed by atoms with Crippen LogP contribution in [0.1, 0.15) is 51.0 Å². The monoisotopic (exact) mass is 352 g/mol. The molecule has 1 fully saturated rings. The van der Waals surface area contributed by atoms with Crippen LogP contribution >= 0.6 is 0 Å². The lowest BCUT2D eigenvalue weighted by Crippen LogP contribution is -2.41. The molecule has 0 spiro atoms. The number of aryl methyl sites for hydroxylation is 1. The largest absolute Gasteiger partial charge is 0.369 e. The van der Waals surface area contributed by atoms with Crippen molar-refractivity contribution in [3.8, 4) is 0 Å². The Morgan fingerprint density at radius 1 is 1.12 bits per heavy atom. The first kappa shape index (κ1) is 18.9. The van der Waals surface area contributed by atoms with Crippen LogP contribution in [-0.2, 0) is 21.2 Å². The second-order valence-corrected chi connectivity index (χ2v) is 8.47. The van der Waals surface area contributed by atoms with Gasteiger partial charge in [0.25, 0.3) is 0 Å². The molecule has 0 aliphatic carbocycles. The number of primary amides is 1. The normalized spacial score (nSPS) is 17.0. The predicted molar refractivity (Wildman–Crippen MR) is 95.0 cm³/mol. The lowest BCUT2D eigenvalue weighted by molar-refractivity contribution is -0.122. The van der Waals surface area contributed by atoms with Crippen molar-refractivity contribution in [3.63, 3.8) is 0 Å². The average molecular weight is 353 g/mol. The third kappa shape index (κ3) is 4.80. The number of nitrogens with zero attached hydrogens (tertiary/aromatic N) is 1. The van der Waals surface area contributed by atoms with Crippen LogP contribution in [0.15, 0.2) is 29.2 Å². The zero-order chi connectivity index (χ0) is 17.6. The van der Waals surface area contributed by atoms with Crippen LogP contribution in [0.3, 0.4) is 0 Å². The SMILES string of the molecule is CCCCCCc1ccc(S(=O)(=O)N2CCC(C(N)=O)CC2)cc1. The average Bonchev–Trinajstić information content (AvgIpc) is 2.59. The van der Waals surface area contributed by atoms with Gasteiger partial charge in [-0.1, -0.05) is 38.3 Å². The third-order valence-electron chi connectivity index (χ3n) is 4.74. The maximum atomic E-state index is 12.7. The van der Waals surface area contributed by atoms with Crippen molar-refractivity contribution in [1.82, 2.24) is 4.31 Å². The number of sulfonamides is 1. The number of unbranched alkanes of at least 4 members (excludes halogenated alkanes) is 3. The van der Waals surface area contributed by atoms with Gasteiger partial charge in [0.05, 0.1) is 4.90 Å². The summed E-state index contributed by atoms with van der Waals surface area (Å²) in [5, 5.41) is 0. The van der Waals surface area contributed by atoms with E-state index in [1.807, 2.05) is 12.1 Å². The van der Waals surface area contributed by atoms with Gasteiger partial charge in [-0.05, 0) is 43.4 Å². The standard InChI is InChI=1S/C18H28N2O3S/c1-2-3-4-5-6-15-7-9-17(10-8-15)24(22,23)20-13-11-16(12-14-20)18(19)21/h7-10,16H,2-6,11-14H2,1H3,(H2,19,21). The summed E-state index contributed by atoms with van der Waals surface area (Å²) in [4.78, 5) is 11.5. The van der Waals surface area contributed by atoms with E-state index in [-0.39, 0.29) is 11.8 Å². The Morgan fingerprint density at radius 2 is 1.75 bits per heavy atom. The fourth-order valence-corrected chi connectivity index (χ4v) is 4.58. The molecule has 1 heterocycles. The Kier molecular flexibility index (Phi) is 6.80. The van der Waals surface area contributed by atoms with Gasteiger partial charge in [0.15, 0.2) is 0 Å². The van der Waals surface area contributed by atoms with E-state index in [0.717, 1.165) is 12.8 Å². The van der Waals surface area contributed by atoms with Gasteiger partial charge in [0.2, 0.25) is 15.9 Å². The molecule has 0 bridgehead atoms. The molecule has 0 aromatic heterocycles. The molecule has 0 radical (unpaired) electrons. The van der Waals surface area contributed by atoms with E-state index in [0.29, 0.717) is 30.8 Å². The van der Waals surface area contributed by atoms with Gasteiger partial charge in [-0.25, -0.2) is 8.42 Å². The first-order valence-corrected chi connectivity index (χ1v) is 10.3. The van der Waals surface area contributed by atoms with Gasteiger partial charge >= 0.3 is 0 Å². The number of hydrogen-bond acceptors (Lipinski definition) is 3. The molecule has 6 heteroatoms. The summed E-state index contributed by atoms with van der Waals surface area (Å²) in [7, 11) is -3.48. The molecule has 1 aliphatic heterocycles. The molecule has 2 rings (SSSR count). The van der Waals surface area contributed by atoms with Crippen molar-refractivity contribution in [2.24, 2.45) is 11.7 Å². The number of amides is 1. The first-order valence-electron chi connectivity index (χ1n) is 8.83. The fraction of sp³-hybridized carbons (Fsp3) is 0.611. The molecule has 5 nitrogen and oxygen atoms in total. The summed E-state index contributed by atoms with van der Waals surface area (Å²) in [5.41, 5.74) is 6.48. The summed E-state index contributed by atoms with van der Waals surface area (Å²) in [6.07, 6.45) is 6.81. The summed E-state index contributed by atoms with van der Waals surface area (Å²) >= 11 is 0. The highest BCUT2D eigenvalue weighted by Gasteiger charge is 2.31. The second-order valence-electron chi connectivity index (χ2n) is 6.54. The molecule has 1 saturated heterocycles. The third-order valence-corrected chi connectivity index (χ3v) is 6.65. The molecule has 1 aliphatic rings. The minimum absolute atomic E-state index is 0.207. The molecule has 0 saturated carbocycles. The lowest BCUT2D eigenvalue weighted by Gasteiger charge is -2.29. The van der Waals surface area contributed by atoms with E-state index < -0.39 is 10.0 Å². The molecule has 1 aromatic carbocycles.